The van der Waals surface area contributed by atoms with Crippen LogP contribution in [0.5, 0.6) is 0 Å². The summed E-state index contributed by atoms with van der Waals surface area (Å²) in [4.78, 5) is 13.9. The Balaban J connectivity index is 1.89. The summed E-state index contributed by atoms with van der Waals surface area (Å²) in [7, 11) is 0. The Morgan fingerprint density at radius 3 is 2.88 bits per heavy atom. The van der Waals surface area contributed by atoms with Crippen molar-refractivity contribution in [1.29, 1.82) is 0 Å². The number of rotatable bonds is 1. The molecule has 0 atom stereocenters. The molecule has 17 heavy (non-hydrogen) atoms. The number of nitrogens with zero attached hydrogens (tertiary/aromatic N) is 3. The first-order chi connectivity index (χ1) is 8.34. The van der Waals surface area contributed by atoms with Crippen LogP contribution in [0.3, 0.4) is 0 Å². The number of hydrogen-bond donors (Lipinski definition) is 0. The smallest absolute Gasteiger partial charge is 0.274 e. The lowest BCUT2D eigenvalue weighted by Crippen LogP contribution is -2.40. The molecule has 2 aromatic rings. The van der Waals surface area contributed by atoms with Gasteiger partial charge in [0.25, 0.3) is 5.91 Å². The molecule has 0 N–H and O–H groups in total. The molecule has 1 aliphatic rings. The maximum Gasteiger partial charge on any atom is 0.274 e. The van der Waals surface area contributed by atoms with Gasteiger partial charge in [0, 0.05) is 19.3 Å². The fourth-order valence-electron chi connectivity index (χ4n) is 1.97. The van der Waals surface area contributed by atoms with Crippen LogP contribution in [0.2, 0.25) is 0 Å². The number of ether oxygens (including phenoxy) is 1. The van der Waals surface area contributed by atoms with Gasteiger partial charge in [0.2, 0.25) is 0 Å². The zero-order chi connectivity index (χ0) is 11.7. The molecule has 1 aliphatic heterocycles. The summed E-state index contributed by atoms with van der Waals surface area (Å²) >= 11 is 0. The van der Waals surface area contributed by atoms with Crippen LogP contribution in [0.15, 0.2) is 30.5 Å². The number of morpholine rings is 1. The third-order valence-corrected chi connectivity index (χ3v) is 2.89. The topological polar surface area (TPSA) is 46.8 Å². The van der Waals surface area contributed by atoms with Crippen molar-refractivity contribution in [2.24, 2.45) is 0 Å². The molecule has 0 spiro atoms. The summed E-state index contributed by atoms with van der Waals surface area (Å²) in [6.45, 7) is 2.51. The van der Waals surface area contributed by atoms with Gasteiger partial charge in [0.1, 0.15) is 0 Å². The molecule has 3 heterocycles. The second-order valence-corrected chi connectivity index (χ2v) is 4.00. The van der Waals surface area contributed by atoms with Gasteiger partial charge in [-0.25, -0.2) is 4.52 Å². The van der Waals surface area contributed by atoms with Crippen LogP contribution >= 0.6 is 0 Å². The average molecular weight is 231 g/mol. The van der Waals surface area contributed by atoms with Crippen molar-refractivity contribution in [2.45, 2.75) is 0 Å². The molecule has 5 heteroatoms. The lowest BCUT2D eigenvalue weighted by atomic mass is 10.3. The lowest BCUT2D eigenvalue weighted by Gasteiger charge is -2.25. The van der Waals surface area contributed by atoms with Crippen LogP contribution in [-0.4, -0.2) is 46.7 Å². The molecule has 0 unspecified atom stereocenters. The Labute approximate surface area is 98.6 Å². The monoisotopic (exact) mass is 231 g/mol. The highest BCUT2D eigenvalue weighted by atomic mass is 16.5. The number of pyridine rings is 1. The standard InChI is InChI=1S/C12H13N3O2/c16-12(14-5-7-17-8-6-14)11-9-10-3-1-2-4-15(10)13-11/h1-4,9H,5-8H2. The first-order valence-electron chi connectivity index (χ1n) is 5.66. The highest BCUT2D eigenvalue weighted by molar-refractivity contribution is 5.93. The Bertz CT molecular complexity index is 510. The molecule has 0 saturated carbocycles. The largest absolute Gasteiger partial charge is 0.378 e. The van der Waals surface area contributed by atoms with Crippen LogP contribution in [-0.2, 0) is 4.74 Å². The van der Waals surface area contributed by atoms with Crippen LogP contribution in [0.4, 0.5) is 0 Å². The molecule has 1 amide bonds. The predicted octanol–water partition coefficient (Wildman–Crippen LogP) is 0.807. The van der Waals surface area contributed by atoms with Gasteiger partial charge >= 0.3 is 0 Å². The number of carbonyl (C=O) groups is 1. The number of carbonyl (C=O) groups excluding carboxylic acids is 1. The molecular weight excluding hydrogens is 218 g/mol. The van der Waals surface area contributed by atoms with E-state index in [9.17, 15) is 4.79 Å². The first-order valence-corrected chi connectivity index (χ1v) is 5.66. The number of fused-ring (bicyclic) bond motifs is 1. The van der Waals surface area contributed by atoms with Gasteiger partial charge in [-0.05, 0) is 18.2 Å². The zero-order valence-corrected chi connectivity index (χ0v) is 9.37. The van der Waals surface area contributed by atoms with Crippen molar-refractivity contribution in [2.75, 3.05) is 26.3 Å². The van der Waals surface area contributed by atoms with Crippen LogP contribution in [0.25, 0.3) is 5.52 Å². The Morgan fingerprint density at radius 2 is 2.12 bits per heavy atom. The average Bonchev–Trinajstić information content (AvgIpc) is 2.82. The second kappa shape index (κ2) is 4.18. The molecule has 5 nitrogen and oxygen atoms in total. The molecular formula is C12H13N3O2. The summed E-state index contributed by atoms with van der Waals surface area (Å²) in [5.41, 5.74) is 1.43. The molecule has 1 fully saturated rings. The van der Waals surface area contributed by atoms with E-state index >= 15 is 0 Å². The highest BCUT2D eigenvalue weighted by Crippen LogP contribution is 2.09. The van der Waals surface area contributed by atoms with Crippen LogP contribution < -0.4 is 0 Å². The van der Waals surface area contributed by atoms with E-state index in [-0.39, 0.29) is 5.91 Å². The zero-order valence-electron chi connectivity index (χ0n) is 9.37. The Morgan fingerprint density at radius 1 is 1.29 bits per heavy atom. The third-order valence-electron chi connectivity index (χ3n) is 2.89. The molecule has 0 aromatic carbocycles. The van der Waals surface area contributed by atoms with Gasteiger partial charge < -0.3 is 9.64 Å². The van der Waals surface area contributed by atoms with Crippen molar-refractivity contribution in [3.63, 3.8) is 0 Å². The van der Waals surface area contributed by atoms with E-state index in [1.165, 1.54) is 0 Å². The Kier molecular flexibility index (Phi) is 2.53. The molecule has 2 aromatic heterocycles. The summed E-state index contributed by atoms with van der Waals surface area (Å²) in [6, 6.07) is 7.57. The van der Waals surface area contributed by atoms with Crippen molar-refractivity contribution in [1.82, 2.24) is 14.5 Å². The summed E-state index contributed by atoms with van der Waals surface area (Å²) in [6.07, 6.45) is 1.84. The molecule has 0 aliphatic carbocycles. The normalized spacial score (nSPS) is 16.4. The van der Waals surface area contributed by atoms with E-state index in [1.807, 2.05) is 30.5 Å². The highest BCUT2D eigenvalue weighted by Gasteiger charge is 2.20. The van der Waals surface area contributed by atoms with E-state index in [1.54, 1.807) is 9.42 Å². The second-order valence-electron chi connectivity index (χ2n) is 4.00. The van der Waals surface area contributed by atoms with E-state index < -0.39 is 0 Å². The molecule has 1 saturated heterocycles. The number of hydrogen-bond acceptors (Lipinski definition) is 3. The maximum atomic E-state index is 12.2. The number of aromatic nitrogens is 2. The van der Waals surface area contributed by atoms with Crippen LogP contribution in [0, 0.1) is 0 Å². The molecule has 0 bridgehead atoms. The van der Waals surface area contributed by atoms with Gasteiger partial charge in [0.05, 0.1) is 18.7 Å². The minimum atomic E-state index is -0.0167. The fraction of sp³-hybridized carbons (Fsp3) is 0.333. The molecule has 3 rings (SSSR count). The predicted molar refractivity (Wildman–Crippen MR) is 61.9 cm³/mol. The Hall–Kier alpha value is -1.88. The van der Waals surface area contributed by atoms with Crippen molar-refractivity contribution in [3.05, 3.63) is 36.2 Å². The van der Waals surface area contributed by atoms with Gasteiger partial charge in [-0.3, -0.25) is 4.79 Å². The summed E-state index contributed by atoms with van der Waals surface area (Å²) in [5, 5.41) is 4.27. The van der Waals surface area contributed by atoms with Gasteiger partial charge in [-0.1, -0.05) is 6.07 Å². The SMILES string of the molecule is O=C(c1cc2ccccn2n1)N1CCOCC1. The minimum Gasteiger partial charge on any atom is -0.378 e. The summed E-state index contributed by atoms with van der Waals surface area (Å²) in [5.74, 6) is -0.0167. The summed E-state index contributed by atoms with van der Waals surface area (Å²) < 4.78 is 6.94. The number of amides is 1. The van der Waals surface area contributed by atoms with E-state index in [2.05, 4.69) is 5.10 Å². The third kappa shape index (κ3) is 1.89. The van der Waals surface area contributed by atoms with Gasteiger partial charge in [-0.15, -0.1) is 0 Å². The van der Waals surface area contributed by atoms with E-state index in [4.69, 9.17) is 4.74 Å². The fourth-order valence-corrected chi connectivity index (χ4v) is 1.97. The first kappa shape index (κ1) is 10.3. The molecule has 88 valence electrons. The van der Waals surface area contributed by atoms with Crippen molar-refractivity contribution < 1.29 is 9.53 Å². The maximum absolute atomic E-state index is 12.2. The van der Waals surface area contributed by atoms with Gasteiger partial charge in [0.15, 0.2) is 5.69 Å². The lowest BCUT2D eigenvalue weighted by molar-refractivity contribution is 0.0299. The van der Waals surface area contributed by atoms with Gasteiger partial charge in [-0.2, -0.15) is 5.10 Å². The van der Waals surface area contributed by atoms with E-state index in [0.717, 1.165) is 5.52 Å². The van der Waals surface area contributed by atoms with Crippen molar-refractivity contribution >= 4 is 11.4 Å². The van der Waals surface area contributed by atoms with Crippen molar-refractivity contribution in [3.8, 4) is 0 Å². The molecule has 0 radical (unpaired) electrons. The van der Waals surface area contributed by atoms with E-state index in [0.29, 0.717) is 32.0 Å². The quantitative estimate of drug-likeness (QED) is 0.729. The van der Waals surface area contributed by atoms with Crippen LogP contribution in [0.1, 0.15) is 10.5 Å². The minimum absolute atomic E-state index is 0.0167.